The Morgan fingerprint density at radius 1 is 1.50 bits per heavy atom. The van der Waals surface area contributed by atoms with Gasteiger partial charge in [0.2, 0.25) is 0 Å². The van der Waals surface area contributed by atoms with Gasteiger partial charge in [-0.15, -0.1) is 0 Å². The number of hydrogen-bond acceptors (Lipinski definition) is 6. The van der Waals surface area contributed by atoms with Gasteiger partial charge < -0.3 is 14.5 Å². The third-order valence-corrected chi connectivity index (χ3v) is 3.36. The lowest BCUT2D eigenvalue weighted by Crippen LogP contribution is -2.50. The van der Waals surface area contributed by atoms with E-state index in [4.69, 9.17) is 4.74 Å². The summed E-state index contributed by atoms with van der Waals surface area (Å²) in [6.07, 6.45) is 2.97. The van der Waals surface area contributed by atoms with Gasteiger partial charge in [-0.1, -0.05) is 0 Å². The van der Waals surface area contributed by atoms with E-state index >= 15 is 0 Å². The minimum atomic E-state index is -0.391. The second-order valence-electron chi connectivity index (χ2n) is 4.53. The van der Waals surface area contributed by atoms with Crippen LogP contribution in [-0.4, -0.2) is 60.7 Å². The van der Waals surface area contributed by atoms with Gasteiger partial charge in [-0.05, 0) is 14.0 Å². The SMILES string of the molecule is COC(=O)c1cncnc1N1CCN(C)C(C)C1. The molecule has 1 aromatic rings. The van der Waals surface area contributed by atoms with Crippen LogP contribution in [0.1, 0.15) is 17.3 Å². The number of piperazine rings is 1. The molecular weight excluding hydrogens is 232 g/mol. The molecule has 0 bridgehead atoms. The van der Waals surface area contributed by atoms with Crippen LogP contribution in [0.15, 0.2) is 12.5 Å². The third-order valence-electron chi connectivity index (χ3n) is 3.36. The standard InChI is InChI=1S/C12H18N4O2/c1-9-7-16(5-4-15(9)2)11-10(12(17)18-3)6-13-8-14-11/h6,8-9H,4-5,7H2,1-3H3. The number of carbonyl (C=O) groups excluding carboxylic acids is 1. The fourth-order valence-corrected chi connectivity index (χ4v) is 2.07. The van der Waals surface area contributed by atoms with Gasteiger partial charge >= 0.3 is 5.97 Å². The third kappa shape index (κ3) is 2.43. The first-order valence-electron chi connectivity index (χ1n) is 5.97. The molecule has 0 N–H and O–H groups in total. The Bertz CT molecular complexity index is 438. The summed E-state index contributed by atoms with van der Waals surface area (Å²) in [4.78, 5) is 24.2. The molecular formula is C12H18N4O2. The Balaban J connectivity index is 2.25. The van der Waals surface area contributed by atoms with Crippen molar-refractivity contribution in [1.29, 1.82) is 0 Å². The van der Waals surface area contributed by atoms with E-state index in [1.807, 2.05) is 0 Å². The molecule has 1 aromatic heterocycles. The Morgan fingerprint density at radius 3 is 2.94 bits per heavy atom. The van der Waals surface area contributed by atoms with Crippen molar-refractivity contribution in [3.8, 4) is 0 Å². The highest BCUT2D eigenvalue weighted by Gasteiger charge is 2.25. The lowest BCUT2D eigenvalue weighted by Gasteiger charge is -2.38. The van der Waals surface area contributed by atoms with Crippen molar-refractivity contribution in [3.05, 3.63) is 18.1 Å². The van der Waals surface area contributed by atoms with Crippen LogP contribution in [0.2, 0.25) is 0 Å². The van der Waals surface area contributed by atoms with E-state index in [0.29, 0.717) is 17.4 Å². The number of nitrogens with zero attached hydrogens (tertiary/aromatic N) is 4. The number of aromatic nitrogens is 2. The van der Waals surface area contributed by atoms with Gasteiger partial charge in [0, 0.05) is 31.9 Å². The van der Waals surface area contributed by atoms with Crippen molar-refractivity contribution < 1.29 is 9.53 Å². The molecule has 1 atom stereocenters. The number of carbonyl (C=O) groups is 1. The summed E-state index contributed by atoms with van der Waals surface area (Å²) in [5, 5.41) is 0. The summed E-state index contributed by atoms with van der Waals surface area (Å²) in [5.74, 6) is 0.272. The van der Waals surface area contributed by atoms with Crippen LogP contribution in [0.3, 0.4) is 0 Å². The molecule has 0 aromatic carbocycles. The molecule has 1 fully saturated rings. The molecule has 98 valence electrons. The van der Waals surface area contributed by atoms with Gasteiger partial charge in [0.05, 0.1) is 7.11 Å². The van der Waals surface area contributed by atoms with E-state index in [1.54, 1.807) is 0 Å². The van der Waals surface area contributed by atoms with Gasteiger partial charge in [0.15, 0.2) is 0 Å². The Morgan fingerprint density at radius 2 is 2.28 bits per heavy atom. The maximum absolute atomic E-state index is 11.7. The Labute approximate surface area is 107 Å². The lowest BCUT2D eigenvalue weighted by atomic mass is 10.2. The van der Waals surface area contributed by atoms with Crippen LogP contribution >= 0.6 is 0 Å². The van der Waals surface area contributed by atoms with E-state index < -0.39 is 5.97 Å². The predicted molar refractivity (Wildman–Crippen MR) is 67.7 cm³/mol. The highest BCUT2D eigenvalue weighted by atomic mass is 16.5. The van der Waals surface area contributed by atoms with Gasteiger partial charge in [-0.25, -0.2) is 14.8 Å². The topological polar surface area (TPSA) is 58.6 Å². The van der Waals surface area contributed by atoms with Crippen LogP contribution in [-0.2, 0) is 4.74 Å². The average molecular weight is 250 g/mol. The second-order valence-corrected chi connectivity index (χ2v) is 4.53. The van der Waals surface area contributed by atoms with Crippen molar-refractivity contribution in [2.75, 3.05) is 38.7 Å². The Hall–Kier alpha value is -1.69. The molecule has 0 aliphatic carbocycles. The molecule has 1 unspecified atom stereocenters. The summed E-state index contributed by atoms with van der Waals surface area (Å²) >= 11 is 0. The molecule has 0 spiro atoms. The summed E-state index contributed by atoms with van der Waals surface area (Å²) in [6.45, 7) is 4.80. The molecule has 0 saturated carbocycles. The molecule has 6 heteroatoms. The second kappa shape index (κ2) is 5.30. The van der Waals surface area contributed by atoms with Crippen molar-refractivity contribution in [2.24, 2.45) is 0 Å². The van der Waals surface area contributed by atoms with Crippen LogP contribution < -0.4 is 4.90 Å². The minimum Gasteiger partial charge on any atom is -0.465 e. The number of hydrogen-bond donors (Lipinski definition) is 0. The largest absolute Gasteiger partial charge is 0.465 e. The molecule has 2 heterocycles. The van der Waals surface area contributed by atoms with E-state index in [9.17, 15) is 4.79 Å². The van der Waals surface area contributed by atoms with E-state index in [1.165, 1.54) is 19.6 Å². The maximum atomic E-state index is 11.7. The number of rotatable bonds is 2. The zero-order chi connectivity index (χ0) is 13.1. The first kappa shape index (κ1) is 12.8. The number of anilines is 1. The van der Waals surface area contributed by atoms with Gasteiger partial charge in [-0.3, -0.25) is 0 Å². The quantitative estimate of drug-likeness (QED) is 0.708. The summed E-state index contributed by atoms with van der Waals surface area (Å²) in [6, 6.07) is 0.430. The monoisotopic (exact) mass is 250 g/mol. The number of esters is 1. The van der Waals surface area contributed by atoms with Crippen LogP contribution in [0.4, 0.5) is 5.82 Å². The molecule has 0 radical (unpaired) electrons. The number of methoxy groups -OCH3 is 1. The normalized spacial score (nSPS) is 20.8. The molecule has 1 saturated heterocycles. The summed E-state index contributed by atoms with van der Waals surface area (Å²) < 4.78 is 4.76. The smallest absolute Gasteiger partial charge is 0.343 e. The molecule has 2 rings (SSSR count). The molecule has 1 aliphatic rings. The molecule has 6 nitrogen and oxygen atoms in total. The average Bonchev–Trinajstić information content (AvgIpc) is 2.41. The van der Waals surface area contributed by atoms with Crippen molar-refractivity contribution in [1.82, 2.24) is 14.9 Å². The minimum absolute atomic E-state index is 0.391. The van der Waals surface area contributed by atoms with Gasteiger partial charge in [-0.2, -0.15) is 0 Å². The Kier molecular flexibility index (Phi) is 3.76. The number of likely N-dealkylation sites (N-methyl/N-ethyl adjacent to an activating group) is 1. The van der Waals surface area contributed by atoms with Crippen molar-refractivity contribution >= 4 is 11.8 Å². The molecule has 0 amide bonds. The fourth-order valence-electron chi connectivity index (χ4n) is 2.07. The highest BCUT2D eigenvalue weighted by Crippen LogP contribution is 2.20. The first-order chi connectivity index (χ1) is 8.63. The molecule has 18 heavy (non-hydrogen) atoms. The highest BCUT2D eigenvalue weighted by molar-refractivity contribution is 5.94. The molecule has 1 aliphatic heterocycles. The number of ether oxygens (including phenoxy) is 1. The summed E-state index contributed by atoms with van der Waals surface area (Å²) in [5.41, 5.74) is 0.428. The van der Waals surface area contributed by atoms with Crippen molar-refractivity contribution in [2.45, 2.75) is 13.0 Å². The van der Waals surface area contributed by atoms with E-state index in [2.05, 4.69) is 33.7 Å². The predicted octanol–water partition coefficient (Wildman–Crippen LogP) is 0.403. The van der Waals surface area contributed by atoms with E-state index in [0.717, 1.165) is 19.6 Å². The van der Waals surface area contributed by atoms with Crippen molar-refractivity contribution in [3.63, 3.8) is 0 Å². The first-order valence-corrected chi connectivity index (χ1v) is 5.97. The van der Waals surface area contributed by atoms with Crippen LogP contribution in [0, 0.1) is 0 Å². The zero-order valence-electron chi connectivity index (χ0n) is 11.0. The van der Waals surface area contributed by atoms with Gasteiger partial charge in [0.1, 0.15) is 17.7 Å². The maximum Gasteiger partial charge on any atom is 0.343 e. The fraction of sp³-hybridized carbons (Fsp3) is 0.583. The lowest BCUT2D eigenvalue weighted by molar-refractivity contribution is 0.0600. The van der Waals surface area contributed by atoms with E-state index in [-0.39, 0.29) is 0 Å². The van der Waals surface area contributed by atoms with Gasteiger partial charge in [0.25, 0.3) is 0 Å². The zero-order valence-corrected chi connectivity index (χ0v) is 11.0. The van der Waals surface area contributed by atoms with Crippen LogP contribution in [0.5, 0.6) is 0 Å². The summed E-state index contributed by atoms with van der Waals surface area (Å²) in [7, 11) is 3.47. The van der Waals surface area contributed by atoms with Crippen LogP contribution in [0.25, 0.3) is 0 Å².